The molecule has 3 heterocycles. The van der Waals surface area contributed by atoms with Crippen LogP contribution in [-0.4, -0.2) is 16.6 Å². The molecule has 0 saturated carbocycles. The van der Waals surface area contributed by atoms with E-state index in [4.69, 9.17) is 8.94 Å². The fraction of sp³-hybridized carbons (Fsp3) is 0.316. The molecule has 0 amide bonds. The van der Waals surface area contributed by atoms with Gasteiger partial charge in [0.05, 0.1) is 12.3 Å². The minimum atomic E-state index is 0.372. The van der Waals surface area contributed by atoms with Gasteiger partial charge in [0.1, 0.15) is 17.2 Å². The molecule has 1 aliphatic rings. The molecule has 1 saturated heterocycles. The van der Waals surface area contributed by atoms with E-state index < -0.39 is 0 Å². The average Bonchev–Trinajstić information content (AvgIpc) is 3.29. The summed E-state index contributed by atoms with van der Waals surface area (Å²) in [5, 5.41) is 4.21. The number of benzene rings is 1. The largest absolute Gasteiger partial charge is 0.464 e. The number of hydrogen-bond donors (Lipinski definition) is 0. The zero-order valence-electron chi connectivity index (χ0n) is 13.2. The second-order valence-electron chi connectivity index (χ2n) is 6.17. The molecule has 3 aromatic rings. The molecule has 1 unspecified atom stereocenters. The fourth-order valence-corrected chi connectivity index (χ4v) is 3.34. The molecule has 0 radical (unpaired) electrons. The first kappa shape index (κ1) is 14.3. The second-order valence-corrected chi connectivity index (χ2v) is 6.17. The molecule has 23 heavy (non-hydrogen) atoms. The van der Waals surface area contributed by atoms with Gasteiger partial charge in [-0.25, -0.2) is 0 Å². The summed E-state index contributed by atoms with van der Waals surface area (Å²) < 4.78 is 10.7. The van der Waals surface area contributed by atoms with Gasteiger partial charge in [-0.3, -0.25) is 4.90 Å². The van der Waals surface area contributed by atoms with Gasteiger partial charge in [0, 0.05) is 18.2 Å². The highest BCUT2D eigenvalue weighted by atomic mass is 16.5. The summed E-state index contributed by atoms with van der Waals surface area (Å²) in [5.41, 5.74) is 3.49. The second kappa shape index (κ2) is 6.05. The van der Waals surface area contributed by atoms with Crippen molar-refractivity contribution in [2.75, 3.05) is 6.54 Å². The standard InChI is InChI=1S/C19H20N2O2/c1-14-12-17(20-23-14)18-4-2-10-21(18)13-15-6-8-16(9-7-15)19-5-3-11-22-19/h3,5-9,11-12,18H,2,4,10,13H2,1H3. The van der Waals surface area contributed by atoms with E-state index in [0.717, 1.165) is 42.3 Å². The Hall–Kier alpha value is -2.33. The van der Waals surface area contributed by atoms with Crippen LogP contribution >= 0.6 is 0 Å². The SMILES string of the molecule is Cc1cc(C2CCCN2Cc2ccc(-c3ccco3)cc2)no1. The highest BCUT2D eigenvalue weighted by Crippen LogP contribution is 2.33. The number of rotatable bonds is 4. The first-order valence-corrected chi connectivity index (χ1v) is 8.10. The van der Waals surface area contributed by atoms with Gasteiger partial charge in [-0.1, -0.05) is 29.4 Å². The van der Waals surface area contributed by atoms with E-state index in [-0.39, 0.29) is 0 Å². The number of aromatic nitrogens is 1. The molecule has 1 fully saturated rings. The summed E-state index contributed by atoms with van der Waals surface area (Å²) in [6.45, 7) is 3.99. The summed E-state index contributed by atoms with van der Waals surface area (Å²) in [5.74, 6) is 1.79. The first-order valence-electron chi connectivity index (χ1n) is 8.10. The topological polar surface area (TPSA) is 42.4 Å². The Kier molecular flexibility index (Phi) is 3.75. The van der Waals surface area contributed by atoms with E-state index in [1.807, 2.05) is 19.1 Å². The number of likely N-dealkylation sites (tertiary alicyclic amines) is 1. The monoisotopic (exact) mass is 308 g/mol. The van der Waals surface area contributed by atoms with Crippen LogP contribution in [0.2, 0.25) is 0 Å². The zero-order valence-corrected chi connectivity index (χ0v) is 13.2. The fourth-order valence-electron chi connectivity index (χ4n) is 3.34. The molecule has 0 bridgehead atoms. The highest BCUT2D eigenvalue weighted by molar-refractivity contribution is 5.57. The van der Waals surface area contributed by atoms with Crippen molar-refractivity contribution in [2.24, 2.45) is 0 Å². The Morgan fingerprint density at radius 1 is 1.22 bits per heavy atom. The van der Waals surface area contributed by atoms with Crippen LogP contribution in [0.4, 0.5) is 0 Å². The number of hydrogen-bond acceptors (Lipinski definition) is 4. The molecule has 4 heteroatoms. The van der Waals surface area contributed by atoms with Crippen molar-refractivity contribution in [1.29, 1.82) is 0 Å². The molecule has 4 rings (SSSR count). The van der Waals surface area contributed by atoms with Crippen molar-refractivity contribution < 1.29 is 8.94 Å². The summed E-state index contributed by atoms with van der Waals surface area (Å²) in [7, 11) is 0. The van der Waals surface area contributed by atoms with E-state index >= 15 is 0 Å². The molecule has 2 aromatic heterocycles. The smallest absolute Gasteiger partial charge is 0.133 e. The lowest BCUT2D eigenvalue weighted by Crippen LogP contribution is -2.22. The summed E-state index contributed by atoms with van der Waals surface area (Å²) in [6, 6.07) is 14.9. The minimum Gasteiger partial charge on any atom is -0.464 e. The molecular formula is C19H20N2O2. The van der Waals surface area contributed by atoms with Crippen molar-refractivity contribution in [3.63, 3.8) is 0 Å². The van der Waals surface area contributed by atoms with Crippen molar-refractivity contribution >= 4 is 0 Å². The van der Waals surface area contributed by atoms with E-state index in [1.165, 1.54) is 12.0 Å². The minimum absolute atomic E-state index is 0.372. The Bertz CT molecular complexity index is 759. The Morgan fingerprint density at radius 2 is 2.09 bits per heavy atom. The maximum atomic E-state index is 5.44. The predicted octanol–water partition coefficient (Wildman–Crippen LogP) is 4.58. The van der Waals surface area contributed by atoms with E-state index in [2.05, 4.69) is 40.4 Å². The van der Waals surface area contributed by atoms with Gasteiger partial charge in [-0.2, -0.15) is 0 Å². The van der Waals surface area contributed by atoms with Gasteiger partial charge in [0.15, 0.2) is 0 Å². The predicted molar refractivity (Wildman–Crippen MR) is 87.8 cm³/mol. The summed E-state index contributed by atoms with van der Waals surface area (Å²) >= 11 is 0. The van der Waals surface area contributed by atoms with Gasteiger partial charge >= 0.3 is 0 Å². The molecule has 1 atom stereocenters. The van der Waals surface area contributed by atoms with Crippen molar-refractivity contribution in [1.82, 2.24) is 10.1 Å². The van der Waals surface area contributed by atoms with Gasteiger partial charge in [0.2, 0.25) is 0 Å². The maximum absolute atomic E-state index is 5.44. The molecule has 0 N–H and O–H groups in total. The van der Waals surface area contributed by atoms with Crippen LogP contribution in [0, 0.1) is 6.92 Å². The van der Waals surface area contributed by atoms with Gasteiger partial charge in [-0.15, -0.1) is 0 Å². The van der Waals surface area contributed by atoms with Crippen LogP contribution < -0.4 is 0 Å². The normalized spacial score (nSPS) is 18.6. The molecule has 118 valence electrons. The molecular weight excluding hydrogens is 288 g/mol. The third-order valence-electron chi connectivity index (χ3n) is 4.50. The van der Waals surface area contributed by atoms with Crippen LogP contribution in [-0.2, 0) is 6.54 Å². The lowest BCUT2D eigenvalue weighted by Gasteiger charge is -2.22. The lowest BCUT2D eigenvalue weighted by atomic mass is 10.1. The average molecular weight is 308 g/mol. The van der Waals surface area contributed by atoms with Crippen LogP contribution in [0.15, 0.2) is 57.7 Å². The summed E-state index contributed by atoms with van der Waals surface area (Å²) in [4.78, 5) is 2.49. The van der Waals surface area contributed by atoms with E-state index in [1.54, 1.807) is 6.26 Å². The van der Waals surface area contributed by atoms with Crippen molar-refractivity contribution in [2.45, 2.75) is 32.4 Å². The van der Waals surface area contributed by atoms with E-state index in [9.17, 15) is 0 Å². The third kappa shape index (κ3) is 2.94. The number of aryl methyl sites for hydroxylation is 1. The Balaban J connectivity index is 1.49. The zero-order chi connectivity index (χ0) is 15.6. The quantitative estimate of drug-likeness (QED) is 0.707. The van der Waals surface area contributed by atoms with Gasteiger partial charge < -0.3 is 8.94 Å². The third-order valence-corrected chi connectivity index (χ3v) is 4.50. The molecule has 1 aliphatic heterocycles. The first-order chi connectivity index (χ1) is 11.3. The molecule has 4 nitrogen and oxygen atoms in total. The molecule has 0 spiro atoms. The van der Waals surface area contributed by atoms with Crippen LogP contribution in [0.1, 0.15) is 35.9 Å². The van der Waals surface area contributed by atoms with E-state index in [0.29, 0.717) is 6.04 Å². The number of furan rings is 1. The molecule has 1 aromatic carbocycles. The summed E-state index contributed by atoms with van der Waals surface area (Å²) in [6.07, 6.45) is 4.06. The van der Waals surface area contributed by atoms with Crippen LogP contribution in [0.5, 0.6) is 0 Å². The molecule has 0 aliphatic carbocycles. The van der Waals surface area contributed by atoms with Gasteiger partial charge in [-0.05, 0) is 44.0 Å². The van der Waals surface area contributed by atoms with Crippen LogP contribution in [0.25, 0.3) is 11.3 Å². The maximum Gasteiger partial charge on any atom is 0.133 e. The van der Waals surface area contributed by atoms with Gasteiger partial charge in [0.25, 0.3) is 0 Å². The van der Waals surface area contributed by atoms with Crippen molar-refractivity contribution in [3.05, 3.63) is 65.7 Å². The Morgan fingerprint density at radius 3 is 2.78 bits per heavy atom. The lowest BCUT2D eigenvalue weighted by molar-refractivity contribution is 0.237. The van der Waals surface area contributed by atoms with Crippen LogP contribution in [0.3, 0.4) is 0 Å². The van der Waals surface area contributed by atoms with Crippen molar-refractivity contribution in [3.8, 4) is 11.3 Å². The Labute approximate surface area is 135 Å². The number of nitrogens with zero attached hydrogens (tertiary/aromatic N) is 2. The highest BCUT2D eigenvalue weighted by Gasteiger charge is 2.28.